The van der Waals surface area contributed by atoms with E-state index in [1.807, 2.05) is 6.07 Å². The SMILES string of the molecule is N#Cc1ccc(F)c(CN2CCCCC2C(=O)O)c1. The molecule has 1 aliphatic rings. The zero-order valence-electron chi connectivity index (χ0n) is 10.5. The van der Waals surface area contributed by atoms with Crippen LogP contribution in [-0.2, 0) is 11.3 Å². The Morgan fingerprint density at radius 3 is 3.00 bits per heavy atom. The summed E-state index contributed by atoms with van der Waals surface area (Å²) >= 11 is 0. The predicted octanol–water partition coefficient (Wildman–Crippen LogP) is 2.14. The minimum atomic E-state index is -0.864. The first-order valence-electron chi connectivity index (χ1n) is 6.27. The van der Waals surface area contributed by atoms with Gasteiger partial charge in [0.15, 0.2) is 0 Å². The largest absolute Gasteiger partial charge is 0.480 e. The van der Waals surface area contributed by atoms with Gasteiger partial charge in [0.25, 0.3) is 0 Å². The molecule has 1 atom stereocenters. The van der Waals surface area contributed by atoms with Crippen LogP contribution < -0.4 is 0 Å². The van der Waals surface area contributed by atoms with Crippen LogP contribution in [0.1, 0.15) is 30.4 Å². The fourth-order valence-corrected chi connectivity index (χ4v) is 2.44. The summed E-state index contributed by atoms with van der Waals surface area (Å²) in [6.45, 7) is 0.880. The lowest BCUT2D eigenvalue weighted by molar-refractivity contribution is -0.144. The number of benzene rings is 1. The number of hydrogen-bond donors (Lipinski definition) is 1. The molecule has 0 amide bonds. The van der Waals surface area contributed by atoms with Crippen LogP contribution in [0.5, 0.6) is 0 Å². The van der Waals surface area contributed by atoms with Gasteiger partial charge in [0.05, 0.1) is 11.6 Å². The Kier molecular flexibility index (Phi) is 4.13. The number of rotatable bonds is 3. The first kappa shape index (κ1) is 13.5. The van der Waals surface area contributed by atoms with Crippen molar-refractivity contribution >= 4 is 5.97 Å². The Hall–Kier alpha value is -1.93. The molecule has 1 aliphatic heterocycles. The number of carbonyl (C=O) groups is 1. The van der Waals surface area contributed by atoms with Gasteiger partial charge in [0.1, 0.15) is 11.9 Å². The van der Waals surface area contributed by atoms with E-state index in [0.29, 0.717) is 24.1 Å². The molecule has 2 rings (SSSR count). The molecule has 1 fully saturated rings. The Morgan fingerprint density at radius 1 is 1.53 bits per heavy atom. The molecule has 1 saturated heterocycles. The van der Waals surface area contributed by atoms with Crippen molar-refractivity contribution in [2.24, 2.45) is 0 Å². The van der Waals surface area contributed by atoms with Crippen molar-refractivity contribution in [2.75, 3.05) is 6.54 Å². The van der Waals surface area contributed by atoms with E-state index in [4.69, 9.17) is 10.4 Å². The minimum absolute atomic E-state index is 0.234. The summed E-state index contributed by atoms with van der Waals surface area (Å²) in [6.07, 6.45) is 2.40. The molecule has 1 N–H and O–H groups in total. The van der Waals surface area contributed by atoms with E-state index in [0.717, 1.165) is 12.8 Å². The lowest BCUT2D eigenvalue weighted by Crippen LogP contribution is -2.44. The molecule has 0 aromatic heterocycles. The van der Waals surface area contributed by atoms with Crippen molar-refractivity contribution < 1.29 is 14.3 Å². The molecule has 1 aromatic rings. The zero-order valence-corrected chi connectivity index (χ0v) is 10.5. The molecule has 0 spiro atoms. The van der Waals surface area contributed by atoms with E-state index in [9.17, 15) is 9.18 Å². The van der Waals surface area contributed by atoms with Crippen LogP contribution in [0.4, 0.5) is 4.39 Å². The van der Waals surface area contributed by atoms with Gasteiger partial charge in [-0.05, 0) is 37.6 Å². The minimum Gasteiger partial charge on any atom is -0.480 e. The smallest absolute Gasteiger partial charge is 0.320 e. The van der Waals surface area contributed by atoms with Gasteiger partial charge in [0.2, 0.25) is 0 Å². The average molecular weight is 262 g/mol. The van der Waals surface area contributed by atoms with Crippen LogP contribution in [0.15, 0.2) is 18.2 Å². The second kappa shape index (κ2) is 5.81. The summed E-state index contributed by atoms with van der Waals surface area (Å²) in [5.41, 5.74) is 0.771. The van der Waals surface area contributed by atoms with Crippen LogP contribution in [0.2, 0.25) is 0 Å². The molecule has 0 saturated carbocycles. The van der Waals surface area contributed by atoms with E-state index >= 15 is 0 Å². The highest BCUT2D eigenvalue weighted by atomic mass is 19.1. The second-order valence-corrected chi connectivity index (χ2v) is 4.74. The second-order valence-electron chi connectivity index (χ2n) is 4.74. The van der Waals surface area contributed by atoms with E-state index < -0.39 is 17.8 Å². The Labute approximate surface area is 111 Å². The van der Waals surface area contributed by atoms with Crippen LogP contribution in [0.3, 0.4) is 0 Å². The molecule has 1 aromatic carbocycles. The molecular weight excluding hydrogens is 247 g/mol. The summed E-state index contributed by atoms with van der Waals surface area (Å²) in [7, 11) is 0. The highest BCUT2D eigenvalue weighted by molar-refractivity contribution is 5.73. The normalized spacial score (nSPS) is 19.9. The van der Waals surface area contributed by atoms with E-state index in [2.05, 4.69) is 0 Å². The lowest BCUT2D eigenvalue weighted by Gasteiger charge is -2.32. The van der Waals surface area contributed by atoms with Gasteiger partial charge in [-0.3, -0.25) is 9.69 Å². The first-order valence-corrected chi connectivity index (χ1v) is 6.27. The molecule has 4 nitrogen and oxygen atoms in total. The maximum absolute atomic E-state index is 13.7. The van der Waals surface area contributed by atoms with Gasteiger partial charge in [-0.1, -0.05) is 6.42 Å². The molecule has 100 valence electrons. The van der Waals surface area contributed by atoms with Crippen molar-refractivity contribution in [2.45, 2.75) is 31.8 Å². The van der Waals surface area contributed by atoms with Crippen molar-refractivity contribution in [1.82, 2.24) is 4.90 Å². The molecule has 19 heavy (non-hydrogen) atoms. The summed E-state index contributed by atoms with van der Waals surface area (Å²) in [5, 5.41) is 18.0. The standard InChI is InChI=1S/C14H15FN2O2/c15-12-5-4-10(8-16)7-11(12)9-17-6-2-1-3-13(17)14(18)19/h4-5,7,13H,1-3,6,9H2,(H,18,19). The van der Waals surface area contributed by atoms with Gasteiger partial charge < -0.3 is 5.11 Å². The van der Waals surface area contributed by atoms with Crippen LogP contribution in [-0.4, -0.2) is 28.6 Å². The number of halogens is 1. The maximum Gasteiger partial charge on any atom is 0.320 e. The maximum atomic E-state index is 13.7. The Balaban J connectivity index is 2.19. The van der Waals surface area contributed by atoms with Crippen LogP contribution >= 0.6 is 0 Å². The highest BCUT2D eigenvalue weighted by Gasteiger charge is 2.28. The number of nitrogens with zero attached hydrogens (tertiary/aromatic N) is 2. The van der Waals surface area contributed by atoms with Gasteiger partial charge in [-0.2, -0.15) is 5.26 Å². The van der Waals surface area contributed by atoms with Crippen molar-refractivity contribution in [3.63, 3.8) is 0 Å². The fraction of sp³-hybridized carbons (Fsp3) is 0.429. The predicted molar refractivity (Wildman–Crippen MR) is 66.8 cm³/mol. The van der Waals surface area contributed by atoms with Gasteiger partial charge in [-0.15, -0.1) is 0 Å². The van der Waals surface area contributed by atoms with Crippen LogP contribution in [0, 0.1) is 17.1 Å². The number of aliphatic carboxylic acids is 1. The van der Waals surface area contributed by atoms with Gasteiger partial charge in [-0.25, -0.2) is 4.39 Å². The quantitative estimate of drug-likeness (QED) is 0.906. The van der Waals surface area contributed by atoms with Crippen molar-refractivity contribution in [1.29, 1.82) is 5.26 Å². The van der Waals surface area contributed by atoms with Gasteiger partial charge >= 0.3 is 5.97 Å². The Bertz CT molecular complexity index is 525. The number of likely N-dealkylation sites (tertiary alicyclic amines) is 1. The number of hydrogen-bond acceptors (Lipinski definition) is 3. The monoisotopic (exact) mass is 262 g/mol. The summed E-state index contributed by atoms with van der Waals surface area (Å²) in [4.78, 5) is 12.9. The molecule has 0 radical (unpaired) electrons. The van der Waals surface area contributed by atoms with Gasteiger partial charge in [0, 0.05) is 12.1 Å². The third-order valence-electron chi connectivity index (χ3n) is 3.45. The zero-order chi connectivity index (χ0) is 13.8. The van der Waals surface area contributed by atoms with E-state index in [1.54, 1.807) is 4.90 Å². The van der Waals surface area contributed by atoms with Crippen molar-refractivity contribution in [3.8, 4) is 6.07 Å². The van der Waals surface area contributed by atoms with E-state index in [-0.39, 0.29) is 6.54 Å². The summed E-state index contributed by atoms with van der Waals surface area (Å²) in [6, 6.07) is 5.57. The number of carboxylic acid groups (broad SMARTS) is 1. The van der Waals surface area contributed by atoms with Crippen LogP contribution in [0.25, 0.3) is 0 Å². The summed E-state index contributed by atoms with van der Waals surface area (Å²) in [5.74, 6) is -1.26. The van der Waals surface area contributed by atoms with E-state index in [1.165, 1.54) is 18.2 Å². The molecule has 5 heteroatoms. The highest BCUT2D eigenvalue weighted by Crippen LogP contribution is 2.21. The average Bonchev–Trinajstić information content (AvgIpc) is 2.41. The number of piperidine rings is 1. The molecule has 1 heterocycles. The summed E-state index contributed by atoms with van der Waals surface area (Å²) < 4.78 is 13.7. The third-order valence-corrected chi connectivity index (χ3v) is 3.45. The topological polar surface area (TPSA) is 64.3 Å². The molecular formula is C14H15FN2O2. The molecule has 0 bridgehead atoms. The molecule has 0 aliphatic carbocycles. The fourth-order valence-electron chi connectivity index (χ4n) is 2.44. The number of nitriles is 1. The number of carboxylic acids is 1. The first-order chi connectivity index (χ1) is 9.11. The third kappa shape index (κ3) is 3.09. The molecule has 1 unspecified atom stereocenters. The lowest BCUT2D eigenvalue weighted by atomic mass is 10.0. The Morgan fingerprint density at radius 2 is 2.32 bits per heavy atom. The van der Waals surface area contributed by atoms with Crippen molar-refractivity contribution in [3.05, 3.63) is 35.1 Å².